The number of hydrogen-bond acceptors (Lipinski definition) is 3. The van der Waals surface area contributed by atoms with Crippen molar-refractivity contribution in [2.45, 2.75) is 18.7 Å². The van der Waals surface area contributed by atoms with Crippen molar-refractivity contribution in [1.82, 2.24) is 4.72 Å². The molecule has 0 aromatic heterocycles. The van der Waals surface area contributed by atoms with E-state index in [4.69, 9.17) is 11.6 Å². The van der Waals surface area contributed by atoms with E-state index in [1.54, 1.807) is 24.3 Å². The average molecular weight is 342 g/mol. The molecule has 0 spiro atoms. The molecule has 2 unspecified atom stereocenters. The van der Waals surface area contributed by atoms with Gasteiger partial charge in [-0.3, -0.25) is 9.18 Å². The summed E-state index contributed by atoms with van der Waals surface area (Å²) < 4.78 is 41.2. The Balaban J connectivity index is 0.00000122. The zero-order valence-corrected chi connectivity index (χ0v) is 13.3. The number of halogens is 3. The van der Waals surface area contributed by atoms with Crippen molar-refractivity contribution in [2.75, 3.05) is 20.5 Å². The first-order valence-electron chi connectivity index (χ1n) is 6.07. The summed E-state index contributed by atoms with van der Waals surface area (Å²) in [6.45, 7) is 0.235. The Labute approximate surface area is 130 Å². The van der Waals surface area contributed by atoms with Gasteiger partial charge in [0.05, 0.1) is 30.5 Å². The van der Waals surface area contributed by atoms with Crippen LogP contribution < -0.4 is 4.72 Å². The highest BCUT2D eigenvalue weighted by Crippen LogP contribution is 2.10. The number of methoxy groups -OCH3 is 1. The summed E-state index contributed by atoms with van der Waals surface area (Å²) in [7, 11) is -0.416. The molecular weight excluding hydrogens is 324 g/mol. The summed E-state index contributed by atoms with van der Waals surface area (Å²) in [5.41, 5.74) is 0.771. The van der Waals surface area contributed by atoms with Crippen molar-refractivity contribution in [3.8, 4) is 0 Å². The summed E-state index contributed by atoms with van der Waals surface area (Å²) >= 11 is 5.71. The fourth-order valence-electron chi connectivity index (χ4n) is 1.22. The van der Waals surface area contributed by atoms with E-state index in [1.807, 2.05) is 0 Å². The minimum Gasteiger partial charge on any atom is -0.468 e. The van der Waals surface area contributed by atoms with Crippen LogP contribution in [0.25, 0.3) is 0 Å². The smallest absolute Gasteiger partial charge is 0.326 e. The Morgan fingerprint density at radius 2 is 1.90 bits per heavy atom. The Bertz CT molecular complexity index is 446. The highest BCUT2D eigenvalue weighted by atomic mass is 35.5. The molecule has 0 bridgehead atoms. The molecule has 1 aromatic carbocycles. The normalized spacial score (nSPS) is 12.8. The van der Waals surface area contributed by atoms with Crippen molar-refractivity contribution >= 4 is 28.6 Å². The number of alkyl halides is 2. The second-order valence-corrected chi connectivity index (χ2v) is 5.38. The zero-order chi connectivity index (χ0) is 16.3. The minimum atomic E-state index is -1.56. The van der Waals surface area contributed by atoms with E-state index >= 15 is 0 Å². The summed E-state index contributed by atoms with van der Waals surface area (Å²) in [6.07, 6.45) is 0. The number of carbonyl (C=O) groups is 1. The molecule has 0 aliphatic heterocycles. The van der Waals surface area contributed by atoms with Crippen LogP contribution in [0.4, 0.5) is 8.78 Å². The molecular formula is C13H18ClF2NO3S. The lowest BCUT2D eigenvalue weighted by atomic mass is 10.2. The third-order valence-corrected chi connectivity index (χ3v) is 3.52. The molecule has 1 N–H and O–H groups in total. The molecule has 0 aliphatic rings. The van der Waals surface area contributed by atoms with Gasteiger partial charge in [-0.2, -0.15) is 0 Å². The maximum absolute atomic E-state index is 12.5. The lowest BCUT2D eigenvalue weighted by Gasteiger charge is -2.12. The second-order valence-electron chi connectivity index (χ2n) is 3.73. The predicted molar refractivity (Wildman–Crippen MR) is 79.9 cm³/mol. The monoisotopic (exact) mass is 341 g/mol. The van der Waals surface area contributed by atoms with Crippen LogP contribution in [0.15, 0.2) is 24.3 Å². The number of carbonyl (C=O) groups excluding carboxylic acids is 1. The summed E-state index contributed by atoms with van der Waals surface area (Å²) in [6, 6.07) is 5.56. The molecule has 120 valence electrons. The Morgan fingerprint density at radius 3 is 2.33 bits per heavy atom. The number of hydrogen-bond donors (Lipinski definition) is 1. The molecule has 0 heterocycles. The van der Waals surface area contributed by atoms with E-state index in [-0.39, 0.29) is 12.4 Å². The molecule has 0 aliphatic carbocycles. The lowest BCUT2D eigenvalue weighted by Crippen LogP contribution is -2.40. The van der Waals surface area contributed by atoms with E-state index in [0.717, 1.165) is 12.7 Å². The topological polar surface area (TPSA) is 55.4 Å². The number of nitrogens with one attached hydrogen (secondary N) is 1. The SMILES string of the molecule is CCF.COC(=O)C(CF)NS(=O)Cc1ccc(Cl)cc1. The summed E-state index contributed by atoms with van der Waals surface area (Å²) in [4.78, 5) is 11.1. The maximum atomic E-state index is 12.5. The zero-order valence-electron chi connectivity index (χ0n) is 11.8. The van der Waals surface area contributed by atoms with Crippen molar-refractivity contribution in [1.29, 1.82) is 0 Å². The number of rotatable bonds is 6. The van der Waals surface area contributed by atoms with Crippen molar-refractivity contribution in [3.63, 3.8) is 0 Å². The van der Waals surface area contributed by atoms with Crippen LogP contribution in [-0.4, -0.2) is 36.7 Å². The summed E-state index contributed by atoms with van der Waals surface area (Å²) in [5.74, 6) is -0.619. The van der Waals surface area contributed by atoms with E-state index in [9.17, 15) is 17.8 Å². The van der Waals surface area contributed by atoms with Crippen molar-refractivity contribution in [2.24, 2.45) is 0 Å². The molecule has 8 heteroatoms. The number of esters is 1. The van der Waals surface area contributed by atoms with Crippen LogP contribution in [-0.2, 0) is 26.3 Å². The van der Waals surface area contributed by atoms with Gasteiger partial charge in [0.25, 0.3) is 0 Å². The van der Waals surface area contributed by atoms with E-state index < -0.39 is 29.7 Å². The predicted octanol–water partition coefficient (Wildman–Crippen LogP) is 2.58. The van der Waals surface area contributed by atoms with E-state index in [1.165, 1.54) is 6.92 Å². The van der Waals surface area contributed by atoms with Crippen LogP contribution in [0.1, 0.15) is 12.5 Å². The molecule has 4 nitrogen and oxygen atoms in total. The van der Waals surface area contributed by atoms with Crippen LogP contribution in [0.5, 0.6) is 0 Å². The van der Waals surface area contributed by atoms with Gasteiger partial charge in [0.1, 0.15) is 12.7 Å². The highest BCUT2D eigenvalue weighted by Gasteiger charge is 2.20. The standard InChI is InChI=1S/C11H13ClFNO3S.C2H5F/c1-17-11(15)10(6-13)14-18(16)7-8-2-4-9(12)5-3-8;1-2-3/h2-5,10,14H,6-7H2,1H3;2H2,1H3. The molecule has 2 atom stereocenters. The molecule has 0 radical (unpaired) electrons. The first kappa shape index (κ1) is 19.9. The third kappa shape index (κ3) is 8.75. The van der Waals surface area contributed by atoms with Gasteiger partial charge < -0.3 is 4.74 Å². The fourth-order valence-corrected chi connectivity index (χ4v) is 2.40. The lowest BCUT2D eigenvalue weighted by molar-refractivity contribution is -0.142. The minimum absolute atomic E-state index is 0.157. The summed E-state index contributed by atoms with van der Waals surface area (Å²) in [5, 5.41) is 0.577. The van der Waals surface area contributed by atoms with Gasteiger partial charge in [-0.15, -0.1) is 0 Å². The van der Waals surface area contributed by atoms with Crippen LogP contribution in [0, 0.1) is 0 Å². The molecule has 1 rings (SSSR count). The third-order valence-electron chi connectivity index (χ3n) is 2.12. The van der Waals surface area contributed by atoms with Crippen LogP contribution >= 0.6 is 11.6 Å². The number of ether oxygens (including phenoxy) is 1. The van der Waals surface area contributed by atoms with Gasteiger partial charge in [0, 0.05) is 5.02 Å². The average Bonchev–Trinajstić information content (AvgIpc) is 2.47. The first-order chi connectivity index (χ1) is 9.98. The second kappa shape index (κ2) is 11.6. The maximum Gasteiger partial charge on any atom is 0.326 e. The molecule has 21 heavy (non-hydrogen) atoms. The van der Waals surface area contributed by atoms with Crippen LogP contribution in [0.3, 0.4) is 0 Å². The number of benzene rings is 1. The van der Waals surface area contributed by atoms with E-state index in [2.05, 4.69) is 9.46 Å². The van der Waals surface area contributed by atoms with Crippen molar-refractivity contribution < 1.29 is 22.5 Å². The van der Waals surface area contributed by atoms with Crippen LogP contribution in [0.2, 0.25) is 5.02 Å². The Morgan fingerprint density at radius 1 is 1.38 bits per heavy atom. The molecule has 0 saturated carbocycles. The highest BCUT2D eigenvalue weighted by molar-refractivity contribution is 7.82. The fraction of sp³-hybridized carbons (Fsp3) is 0.462. The van der Waals surface area contributed by atoms with Gasteiger partial charge in [0.15, 0.2) is 0 Å². The Kier molecular flexibility index (Phi) is 11.0. The van der Waals surface area contributed by atoms with Gasteiger partial charge in [-0.1, -0.05) is 23.7 Å². The molecule has 1 aromatic rings. The quantitative estimate of drug-likeness (QED) is 0.809. The van der Waals surface area contributed by atoms with Gasteiger partial charge >= 0.3 is 5.97 Å². The first-order valence-corrected chi connectivity index (χ1v) is 7.76. The Hall–Kier alpha value is -1.05. The van der Waals surface area contributed by atoms with Gasteiger partial charge in [0.2, 0.25) is 0 Å². The molecule has 0 saturated heterocycles. The van der Waals surface area contributed by atoms with E-state index in [0.29, 0.717) is 5.02 Å². The largest absolute Gasteiger partial charge is 0.468 e. The molecule has 0 amide bonds. The van der Waals surface area contributed by atoms with Crippen molar-refractivity contribution in [3.05, 3.63) is 34.9 Å². The van der Waals surface area contributed by atoms with Gasteiger partial charge in [-0.25, -0.2) is 13.3 Å². The molecule has 0 fully saturated rings. The van der Waals surface area contributed by atoms with Gasteiger partial charge in [-0.05, 0) is 24.6 Å².